The van der Waals surface area contributed by atoms with E-state index in [4.69, 9.17) is 4.42 Å². The molecule has 0 bridgehead atoms. The Hall–Kier alpha value is -0.503. The maximum Gasteiger partial charge on any atom is 0.0972 e. The Morgan fingerprint density at radius 2 is 2.57 bits per heavy atom. The highest BCUT2D eigenvalue weighted by Gasteiger charge is 1.85. The van der Waals surface area contributed by atoms with Crippen LogP contribution in [0.3, 0.4) is 0 Å². The fourth-order valence-electron chi connectivity index (χ4n) is 0.514. The summed E-state index contributed by atoms with van der Waals surface area (Å²) in [5.74, 6) is 0. The van der Waals surface area contributed by atoms with Crippen LogP contribution in [0, 0.1) is 0 Å². The Bertz CT molecular complexity index is 123. The monoisotopic (exact) mass is 112 g/mol. The lowest BCUT2D eigenvalue weighted by molar-refractivity contribution is 0.601. The van der Waals surface area contributed by atoms with Crippen LogP contribution in [0.25, 0.3) is 0 Å². The van der Waals surface area contributed by atoms with Crippen molar-refractivity contribution in [2.45, 2.75) is 6.55 Å². The van der Waals surface area contributed by atoms with Crippen LogP contribution in [-0.4, -0.2) is 9.52 Å². The van der Waals surface area contributed by atoms with Crippen LogP contribution in [0.1, 0.15) is 0 Å². The van der Waals surface area contributed by atoms with Crippen molar-refractivity contribution in [2.75, 3.05) is 0 Å². The van der Waals surface area contributed by atoms with Gasteiger partial charge in [-0.1, -0.05) is 6.55 Å². The summed E-state index contributed by atoms with van der Waals surface area (Å²) in [6.45, 7) is 2.21. The highest BCUT2D eigenvalue weighted by atomic mass is 28.2. The fraction of sp³-hybridized carbons (Fsp3) is 0.200. The first-order chi connectivity index (χ1) is 3.43. The molecule has 0 unspecified atom stereocenters. The molecule has 0 N–H and O–H groups in total. The van der Waals surface area contributed by atoms with E-state index in [9.17, 15) is 0 Å². The van der Waals surface area contributed by atoms with Gasteiger partial charge in [0.25, 0.3) is 0 Å². The molecule has 7 heavy (non-hydrogen) atoms. The Kier molecular flexibility index (Phi) is 1.31. The van der Waals surface area contributed by atoms with Gasteiger partial charge in [0.05, 0.1) is 21.2 Å². The third-order valence-corrected chi connectivity index (χ3v) is 2.03. The van der Waals surface area contributed by atoms with Crippen molar-refractivity contribution < 1.29 is 4.42 Å². The van der Waals surface area contributed by atoms with E-state index in [1.165, 1.54) is 5.38 Å². The molecule has 0 aliphatic rings. The van der Waals surface area contributed by atoms with E-state index in [1.54, 1.807) is 6.26 Å². The molecule has 0 saturated carbocycles. The molecule has 0 aromatic carbocycles. The van der Waals surface area contributed by atoms with Crippen molar-refractivity contribution in [3.8, 4) is 0 Å². The second kappa shape index (κ2) is 1.98. The van der Waals surface area contributed by atoms with Crippen molar-refractivity contribution in [1.29, 1.82) is 0 Å². The minimum atomic E-state index is -0.0332. The lowest BCUT2D eigenvalue weighted by Gasteiger charge is -1.78. The molecule has 0 fully saturated rings. The topological polar surface area (TPSA) is 13.1 Å². The van der Waals surface area contributed by atoms with E-state index < -0.39 is 0 Å². The van der Waals surface area contributed by atoms with Crippen LogP contribution in [-0.2, 0) is 0 Å². The summed E-state index contributed by atoms with van der Waals surface area (Å²) in [6, 6.07) is 3.97. The molecule has 0 spiro atoms. The third-order valence-electron chi connectivity index (χ3n) is 0.929. The van der Waals surface area contributed by atoms with Crippen molar-refractivity contribution in [1.82, 2.24) is 0 Å². The molecule has 0 aliphatic heterocycles. The fourth-order valence-corrected chi connectivity index (χ4v) is 1.15. The first-order valence-electron chi connectivity index (χ1n) is 2.46. The molecular weight excluding hydrogens is 104 g/mol. The van der Waals surface area contributed by atoms with E-state index in [0.29, 0.717) is 0 Å². The Labute approximate surface area is 45.2 Å². The zero-order valence-electron chi connectivity index (χ0n) is 4.35. The van der Waals surface area contributed by atoms with Crippen molar-refractivity contribution in [3.63, 3.8) is 0 Å². The average molecular weight is 112 g/mol. The molecule has 1 nitrogen and oxygen atoms in total. The molecule has 1 aromatic heterocycles. The molecule has 0 radical (unpaired) electrons. The molecule has 0 aliphatic carbocycles. The Balaban J connectivity index is 2.76. The van der Waals surface area contributed by atoms with Gasteiger partial charge >= 0.3 is 0 Å². The van der Waals surface area contributed by atoms with Gasteiger partial charge in [0.2, 0.25) is 0 Å². The van der Waals surface area contributed by atoms with Crippen LogP contribution in [0.2, 0.25) is 6.55 Å². The minimum absolute atomic E-state index is 0.0332. The maximum absolute atomic E-state index is 5.04. The summed E-state index contributed by atoms with van der Waals surface area (Å²) >= 11 is 0. The summed E-state index contributed by atoms with van der Waals surface area (Å²) in [4.78, 5) is 0. The van der Waals surface area contributed by atoms with Gasteiger partial charge in [0, 0.05) is 0 Å². The number of hydrogen-bond acceptors (Lipinski definition) is 1. The molecule has 0 saturated heterocycles. The van der Waals surface area contributed by atoms with E-state index in [0.717, 1.165) is 0 Å². The minimum Gasteiger partial charge on any atom is -0.475 e. The van der Waals surface area contributed by atoms with Gasteiger partial charge in [0.1, 0.15) is 0 Å². The summed E-state index contributed by atoms with van der Waals surface area (Å²) in [7, 11) is -0.0332. The first-order valence-corrected chi connectivity index (χ1v) is 4.58. The Morgan fingerprint density at radius 1 is 1.71 bits per heavy atom. The standard InChI is InChI=1S/C5H8OSi/c1-7-5-3-2-4-6-5/h2-4H,7H2,1H3. The van der Waals surface area contributed by atoms with E-state index >= 15 is 0 Å². The zero-order valence-corrected chi connectivity index (χ0v) is 5.76. The van der Waals surface area contributed by atoms with Crippen LogP contribution in [0.5, 0.6) is 0 Å². The lowest BCUT2D eigenvalue weighted by Crippen LogP contribution is -2.04. The summed E-state index contributed by atoms with van der Waals surface area (Å²) in [5, 5.41) is 1.19. The predicted octanol–water partition coefficient (Wildman–Crippen LogP) is 0.122. The van der Waals surface area contributed by atoms with Gasteiger partial charge in [-0.3, -0.25) is 0 Å². The number of rotatable bonds is 1. The Morgan fingerprint density at radius 3 is 2.86 bits per heavy atom. The molecular formula is C5H8OSi. The highest BCUT2D eigenvalue weighted by Crippen LogP contribution is 1.78. The number of furan rings is 1. The van der Waals surface area contributed by atoms with Gasteiger partial charge < -0.3 is 4.42 Å². The SMILES string of the molecule is C[SiH2]c1ccco1. The van der Waals surface area contributed by atoms with Gasteiger partial charge in [-0.15, -0.1) is 0 Å². The van der Waals surface area contributed by atoms with Crippen LogP contribution in [0.15, 0.2) is 22.8 Å². The van der Waals surface area contributed by atoms with E-state index in [2.05, 4.69) is 6.55 Å². The zero-order chi connectivity index (χ0) is 5.11. The van der Waals surface area contributed by atoms with Crippen molar-refractivity contribution in [3.05, 3.63) is 18.4 Å². The molecule has 1 heterocycles. The highest BCUT2D eigenvalue weighted by molar-refractivity contribution is 6.50. The lowest BCUT2D eigenvalue weighted by atomic mass is 10.7. The quantitative estimate of drug-likeness (QED) is 0.470. The maximum atomic E-state index is 5.04. The average Bonchev–Trinajstić information content (AvgIpc) is 2.14. The van der Waals surface area contributed by atoms with E-state index in [-0.39, 0.29) is 9.52 Å². The van der Waals surface area contributed by atoms with Crippen molar-refractivity contribution in [2.24, 2.45) is 0 Å². The molecule has 0 amide bonds. The molecule has 1 aromatic rings. The molecule has 0 atom stereocenters. The summed E-state index contributed by atoms with van der Waals surface area (Å²) in [5.41, 5.74) is 0. The van der Waals surface area contributed by atoms with Gasteiger partial charge in [-0.25, -0.2) is 0 Å². The van der Waals surface area contributed by atoms with Crippen LogP contribution < -0.4 is 5.38 Å². The van der Waals surface area contributed by atoms with E-state index in [1.807, 2.05) is 12.1 Å². The first kappa shape index (κ1) is 4.65. The predicted molar refractivity (Wildman–Crippen MR) is 32.7 cm³/mol. The molecule has 1 rings (SSSR count). The van der Waals surface area contributed by atoms with Gasteiger partial charge in [-0.05, 0) is 12.1 Å². The van der Waals surface area contributed by atoms with Crippen molar-refractivity contribution >= 4 is 14.9 Å². The summed E-state index contributed by atoms with van der Waals surface area (Å²) in [6.07, 6.45) is 1.73. The van der Waals surface area contributed by atoms with Crippen LogP contribution in [0.4, 0.5) is 0 Å². The second-order valence-electron chi connectivity index (χ2n) is 1.43. The smallest absolute Gasteiger partial charge is 0.0972 e. The molecule has 38 valence electrons. The van der Waals surface area contributed by atoms with Gasteiger partial charge in [-0.2, -0.15) is 0 Å². The normalized spacial score (nSPS) is 11.0. The second-order valence-corrected chi connectivity index (χ2v) is 2.84. The third kappa shape index (κ3) is 0.931. The van der Waals surface area contributed by atoms with Crippen LogP contribution >= 0.6 is 0 Å². The summed E-state index contributed by atoms with van der Waals surface area (Å²) < 4.78 is 5.04. The largest absolute Gasteiger partial charge is 0.475 e. The number of hydrogen-bond donors (Lipinski definition) is 0. The molecule has 2 heteroatoms. The van der Waals surface area contributed by atoms with Gasteiger partial charge in [0.15, 0.2) is 0 Å².